The summed E-state index contributed by atoms with van der Waals surface area (Å²) in [7, 11) is 3.30. The molecule has 1 aliphatic heterocycles. The maximum Gasteiger partial charge on any atom is 0.254 e. The highest BCUT2D eigenvalue weighted by Gasteiger charge is 2.35. The van der Waals surface area contributed by atoms with Gasteiger partial charge in [-0.3, -0.25) is 4.79 Å². The lowest BCUT2D eigenvalue weighted by molar-refractivity contribution is -0.00461. The summed E-state index contributed by atoms with van der Waals surface area (Å²) in [6, 6.07) is 7.64. The fourth-order valence-corrected chi connectivity index (χ4v) is 2.66. The van der Waals surface area contributed by atoms with Crippen molar-refractivity contribution in [3.05, 3.63) is 35.4 Å². The van der Waals surface area contributed by atoms with Gasteiger partial charge in [-0.2, -0.15) is 0 Å². The molecule has 0 saturated carbocycles. The first kappa shape index (κ1) is 14.5. The van der Waals surface area contributed by atoms with E-state index in [0.29, 0.717) is 18.7 Å². The second-order valence-electron chi connectivity index (χ2n) is 4.59. The fourth-order valence-electron chi connectivity index (χ4n) is 2.28. The first-order valence-corrected chi connectivity index (χ1v) is 7.31. The minimum atomic E-state index is -0.0456. The van der Waals surface area contributed by atoms with Crippen molar-refractivity contribution in [3.63, 3.8) is 0 Å². The number of alkyl halides is 1. The van der Waals surface area contributed by atoms with Gasteiger partial charge >= 0.3 is 0 Å². The Morgan fingerprint density at radius 1 is 1.21 bits per heavy atom. The molecule has 1 heterocycles. The van der Waals surface area contributed by atoms with E-state index in [4.69, 9.17) is 9.47 Å². The summed E-state index contributed by atoms with van der Waals surface area (Å²) in [4.78, 5) is 14.2. The van der Waals surface area contributed by atoms with E-state index in [1.807, 2.05) is 24.3 Å². The van der Waals surface area contributed by atoms with E-state index in [1.54, 1.807) is 19.1 Å². The van der Waals surface area contributed by atoms with Gasteiger partial charge in [-0.1, -0.05) is 28.1 Å². The highest BCUT2D eigenvalue weighted by atomic mass is 79.9. The Hall–Kier alpha value is -0.910. The molecule has 1 aromatic rings. The Morgan fingerprint density at radius 3 is 2.16 bits per heavy atom. The minimum absolute atomic E-state index is 0.0303. The van der Waals surface area contributed by atoms with Crippen LogP contribution in [0.25, 0.3) is 0 Å². The summed E-state index contributed by atoms with van der Waals surface area (Å²) in [5.74, 6) is 0.0303. The molecular formula is C14H18BrNO3. The molecule has 2 rings (SSSR count). The SMILES string of the molecule is COC1CN(C(=O)c2ccc(CBr)cc2)CC1OC. The molecule has 2 unspecified atom stereocenters. The van der Waals surface area contributed by atoms with Crippen LogP contribution < -0.4 is 0 Å². The molecule has 104 valence electrons. The zero-order chi connectivity index (χ0) is 13.8. The summed E-state index contributed by atoms with van der Waals surface area (Å²) in [6.45, 7) is 1.15. The number of benzene rings is 1. The summed E-state index contributed by atoms with van der Waals surface area (Å²) >= 11 is 3.39. The molecule has 1 saturated heterocycles. The highest BCUT2D eigenvalue weighted by molar-refractivity contribution is 9.08. The van der Waals surface area contributed by atoms with E-state index in [-0.39, 0.29) is 18.1 Å². The van der Waals surface area contributed by atoms with Gasteiger partial charge in [0.15, 0.2) is 0 Å². The van der Waals surface area contributed by atoms with E-state index in [0.717, 1.165) is 10.9 Å². The molecule has 0 aromatic heterocycles. The Morgan fingerprint density at radius 2 is 1.74 bits per heavy atom. The molecule has 0 spiro atoms. The Kier molecular flexibility index (Phi) is 4.96. The number of methoxy groups -OCH3 is 2. The molecule has 0 N–H and O–H groups in total. The molecule has 1 aliphatic rings. The number of amides is 1. The van der Waals surface area contributed by atoms with Crippen LogP contribution in [-0.2, 0) is 14.8 Å². The van der Waals surface area contributed by atoms with Crippen molar-refractivity contribution in [2.45, 2.75) is 17.5 Å². The van der Waals surface area contributed by atoms with Gasteiger partial charge in [-0.25, -0.2) is 0 Å². The van der Waals surface area contributed by atoms with Gasteiger partial charge in [0.05, 0.1) is 0 Å². The standard InChI is InChI=1S/C14H18BrNO3/c1-18-12-8-16(9-13(12)19-2)14(17)11-5-3-10(7-15)4-6-11/h3-6,12-13H,7-9H2,1-2H3. The molecule has 1 aromatic carbocycles. The number of hydrogen-bond donors (Lipinski definition) is 0. The second kappa shape index (κ2) is 6.50. The van der Waals surface area contributed by atoms with E-state index in [1.165, 1.54) is 0 Å². The van der Waals surface area contributed by atoms with E-state index >= 15 is 0 Å². The van der Waals surface area contributed by atoms with Crippen molar-refractivity contribution < 1.29 is 14.3 Å². The van der Waals surface area contributed by atoms with Crippen molar-refractivity contribution in [1.29, 1.82) is 0 Å². The number of ether oxygens (including phenoxy) is 2. The lowest BCUT2D eigenvalue weighted by Gasteiger charge is -2.15. The van der Waals surface area contributed by atoms with Crippen molar-refractivity contribution in [2.24, 2.45) is 0 Å². The molecule has 2 atom stereocenters. The molecule has 0 bridgehead atoms. The first-order chi connectivity index (χ1) is 9.19. The average Bonchev–Trinajstić information content (AvgIpc) is 2.89. The van der Waals surface area contributed by atoms with Gasteiger partial charge in [-0.05, 0) is 17.7 Å². The van der Waals surface area contributed by atoms with Gasteiger partial charge in [0.2, 0.25) is 0 Å². The Balaban J connectivity index is 2.07. The smallest absolute Gasteiger partial charge is 0.254 e. The predicted octanol–water partition coefficient (Wildman–Crippen LogP) is 2.07. The monoisotopic (exact) mass is 327 g/mol. The number of hydrogen-bond acceptors (Lipinski definition) is 3. The molecule has 5 heteroatoms. The molecule has 1 fully saturated rings. The van der Waals surface area contributed by atoms with Crippen molar-refractivity contribution in [1.82, 2.24) is 4.90 Å². The Bertz CT molecular complexity index is 423. The third kappa shape index (κ3) is 3.16. The predicted molar refractivity (Wildman–Crippen MR) is 76.6 cm³/mol. The van der Waals surface area contributed by atoms with Crippen LogP contribution in [-0.4, -0.2) is 50.3 Å². The number of carbonyl (C=O) groups is 1. The minimum Gasteiger partial charge on any atom is -0.377 e. The summed E-state index contributed by atoms with van der Waals surface area (Å²) in [6.07, 6.45) is -0.0912. The van der Waals surface area contributed by atoms with Crippen LogP contribution in [0.1, 0.15) is 15.9 Å². The van der Waals surface area contributed by atoms with Crippen molar-refractivity contribution in [3.8, 4) is 0 Å². The third-order valence-electron chi connectivity index (χ3n) is 3.46. The number of carbonyl (C=O) groups excluding carboxylic acids is 1. The number of halogens is 1. The number of rotatable bonds is 4. The average molecular weight is 328 g/mol. The molecule has 1 amide bonds. The molecule has 4 nitrogen and oxygen atoms in total. The summed E-state index contributed by atoms with van der Waals surface area (Å²) < 4.78 is 10.7. The van der Waals surface area contributed by atoms with Crippen LogP contribution in [0.3, 0.4) is 0 Å². The van der Waals surface area contributed by atoms with Crippen molar-refractivity contribution >= 4 is 21.8 Å². The van der Waals surface area contributed by atoms with E-state index < -0.39 is 0 Å². The van der Waals surface area contributed by atoms with Gasteiger partial charge in [0.1, 0.15) is 12.2 Å². The number of nitrogens with zero attached hydrogens (tertiary/aromatic N) is 1. The van der Waals surface area contributed by atoms with Gasteiger partial charge in [0, 0.05) is 38.2 Å². The molecule has 0 aliphatic carbocycles. The van der Waals surface area contributed by atoms with Crippen LogP contribution in [0.15, 0.2) is 24.3 Å². The summed E-state index contributed by atoms with van der Waals surface area (Å²) in [5, 5.41) is 0.794. The van der Waals surface area contributed by atoms with Crippen LogP contribution in [0, 0.1) is 0 Å². The lowest BCUT2D eigenvalue weighted by atomic mass is 10.1. The van der Waals surface area contributed by atoms with Crippen LogP contribution >= 0.6 is 15.9 Å². The van der Waals surface area contributed by atoms with E-state index in [9.17, 15) is 4.79 Å². The van der Waals surface area contributed by atoms with Crippen molar-refractivity contribution in [2.75, 3.05) is 27.3 Å². The molecule has 0 radical (unpaired) electrons. The van der Waals surface area contributed by atoms with Gasteiger partial charge in [-0.15, -0.1) is 0 Å². The number of likely N-dealkylation sites (tertiary alicyclic amines) is 1. The largest absolute Gasteiger partial charge is 0.377 e. The van der Waals surface area contributed by atoms with E-state index in [2.05, 4.69) is 15.9 Å². The van der Waals surface area contributed by atoms with Gasteiger partial charge < -0.3 is 14.4 Å². The topological polar surface area (TPSA) is 38.8 Å². The maximum absolute atomic E-state index is 12.4. The maximum atomic E-state index is 12.4. The fraction of sp³-hybridized carbons (Fsp3) is 0.500. The Labute approximate surface area is 121 Å². The second-order valence-corrected chi connectivity index (χ2v) is 5.15. The van der Waals surface area contributed by atoms with Crippen LogP contribution in [0.4, 0.5) is 0 Å². The lowest BCUT2D eigenvalue weighted by Crippen LogP contribution is -2.30. The quantitative estimate of drug-likeness (QED) is 0.795. The van der Waals surface area contributed by atoms with Crippen LogP contribution in [0.2, 0.25) is 0 Å². The normalized spacial score (nSPS) is 22.8. The zero-order valence-electron chi connectivity index (χ0n) is 11.1. The van der Waals surface area contributed by atoms with Crippen LogP contribution in [0.5, 0.6) is 0 Å². The first-order valence-electron chi connectivity index (χ1n) is 6.19. The highest BCUT2D eigenvalue weighted by Crippen LogP contribution is 2.19. The molecule has 19 heavy (non-hydrogen) atoms. The molecular weight excluding hydrogens is 310 g/mol. The zero-order valence-corrected chi connectivity index (χ0v) is 12.7. The summed E-state index contributed by atoms with van der Waals surface area (Å²) in [5.41, 5.74) is 1.86. The third-order valence-corrected chi connectivity index (χ3v) is 4.11. The van der Waals surface area contributed by atoms with Gasteiger partial charge in [0.25, 0.3) is 5.91 Å².